The first-order valence-corrected chi connectivity index (χ1v) is 6.53. The third-order valence-corrected chi connectivity index (χ3v) is 4.36. The number of aromatic nitrogens is 3. The van der Waals surface area contributed by atoms with Gasteiger partial charge in [0.25, 0.3) is 0 Å². The third-order valence-electron chi connectivity index (χ3n) is 2.98. The van der Waals surface area contributed by atoms with Gasteiger partial charge in [0.2, 0.25) is 0 Å². The molecule has 8 heteroatoms. The van der Waals surface area contributed by atoms with Crippen molar-refractivity contribution in [3.63, 3.8) is 0 Å². The summed E-state index contributed by atoms with van der Waals surface area (Å²) in [6.07, 6.45) is 2.66. The van der Waals surface area contributed by atoms with E-state index in [1.54, 1.807) is 7.05 Å². The van der Waals surface area contributed by atoms with Crippen molar-refractivity contribution in [2.45, 2.75) is 24.4 Å². The van der Waals surface area contributed by atoms with Gasteiger partial charge in [-0.15, -0.1) is 0 Å². The summed E-state index contributed by atoms with van der Waals surface area (Å²) < 4.78 is 1.44. The number of nitrogens with two attached hydrogens (primary N) is 1. The standard InChI is InChI=1S/C10H15N5O2S/c1-15-9(13-7(16)8(17)14-15)18-5-10(2-3-10)4-6(11)12/h2-5H2,1H3,(H3,11,12)(H,14,17). The van der Waals surface area contributed by atoms with Crippen LogP contribution in [0.15, 0.2) is 14.7 Å². The highest BCUT2D eigenvalue weighted by Gasteiger charge is 2.43. The van der Waals surface area contributed by atoms with E-state index >= 15 is 0 Å². The number of nitrogens with zero attached hydrogens (tertiary/aromatic N) is 2. The summed E-state index contributed by atoms with van der Waals surface area (Å²) in [6, 6.07) is 0. The Morgan fingerprint density at radius 1 is 1.61 bits per heavy atom. The van der Waals surface area contributed by atoms with Crippen molar-refractivity contribution >= 4 is 17.6 Å². The maximum absolute atomic E-state index is 11.2. The number of hydrogen-bond donors (Lipinski definition) is 3. The molecular weight excluding hydrogens is 254 g/mol. The minimum atomic E-state index is -0.771. The molecule has 2 rings (SSSR count). The summed E-state index contributed by atoms with van der Waals surface area (Å²) >= 11 is 1.41. The van der Waals surface area contributed by atoms with Crippen LogP contribution in [0.4, 0.5) is 0 Å². The predicted molar refractivity (Wildman–Crippen MR) is 69.0 cm³/mol. The van der Waals surface area contributed by atoms with Crippen LogP contribution in [-0.4, -0.2) is 26.4 Å². The van der Waals surface area contributed by atoms with E-state index in [9.17, 15) is 9.59 Å². The summed E-state index contributed by atoms with van der Waals surface area (Å²) in [5, 5.41) is 10.2. The van der Waals surface area contributed by atoms with Crippen molar-refractivity contribution in [2.75, 3.05) is 5.75 Å². The molecule has 4 N–H and O–H groups in total. The Morgan fingerprint density at radius 3 is 2.83 bits per heavy atom. The molecule has 0 bridgehead atoms. The van der Waals surface area contributed by atoms with Crippen LogP contribution in [0.2, 0.25) is 0 Å². The molecule has 0 atom stereocenters. The van der Waals surface area contributed by atoms with Crippen LogP contribution in [-0.2, 0) is 7.05 Å². The fourth-order valence-electron chi connectivity index (χ4n) is 1.76. The fourth-order valence-corrected chi connectivity index (χ4v) is 2.97. The zero-order valence-corrected chi connectivity index (χ0v) is 10.8. The normalized spacial score (nSPS) is 16.5. The Hall–Kier alpha value is -1.57. The molecule has 1 aromatic heterocycles. The quantitative estimate of drug-likeness (QED) is 0.293. The molecule has 0 amide bonds. The lowest BCUT2D eigenvalue weighted by Crippen LogP contribution is -2.34. The lowest BCUT2D eigenvalue weighted by atomic mass is 10.1. The Kier molecular flexibility index (Phi) is 3.29. The Morgan fingerprint density at radius 2 is 2.28 bits per heavy atom. The van der Waals surface area contributed by atoms with E-state index in [0.29, 0.717) is 11.6 Å². The highest BCUT2D eigenvalue weighted by Crippen LogP contribution is 2.51. The summed E-state index contributed by atoms with van der Waals surface area (Å²) in [6.45, 7) is 0. The minimum Gasteiger partial charge on any atom is -0.388 e. The summed E-state index contributed by atoms with van der Waals surface area (Å²) in [5.41, 5.74) is 4.00. The van der Waals surface area contributed by atoms with Crippen molar-refractivity contribution in [2.24, 2.45) is 18.2 Å². The molecular formula is C10H15N5O2S. The van der Waals surface area contributed by atoms with Crippen LogP contribution < -0.4 is 16.9 Å². The van der Waals surface area contributed by atoms with Crippen LogP contribution in [0.3, 0.4) is 0 Å². The molecule has 1 aliphatic carbocycles. The number of aromatic amines is 1. The smallest absolute Gasteiger partial charge is 0.339 e. The monoisotopic (exact) mass is 269 g/mol. The topological polar surface area (TPSA) is 118 Å². The second-order valence-corrected chi connectivity index (χ2v) is 5.63. The van der Waals surface area contributed by atoms with Crippen molar-refractivity contribution in [1.29, 1.82) is 5.41 Å². The Bertz CT molecular complexity index is 587. The second-order valence-electron chi connectivity index (χ2n) is 4.69. The number of nitrogens with one attached hydrogen (secondary N) is 2. The molecule has 1 heterocycles. The van der Waals surface area contributed by atoms with E-state index in [-0.39, 0.29) is 11.3 Å². The van der Waals surface area contributed by atoms with Gasteiger partial charge in [-0.3, -0.25) is 24.8 Å². The predicted octanol–water partition coefficient (Wildman–Crippen LogP) is -0.333. The third kappa shape index (κ3) is 2.81. The molecule has 0 aromatic carbocycles. The van der Waals surface area contributed by atoms with Crippen molar-refractivity contribution < 1.29 is 0 Å². The maximum atomic E-state index is 11.2. The number of thioether (sulfide) groups is 1. The lowest BCUT2D eigenvalue weighted by molar-refractivity contribution is 0.584. The number of aryl methyl sites for hydroxylation is 1. The average Bonchev–Trinajstić information content (AvgIpc) is 3.01. The van der Waals surface area contributed by atoms with Crippen LogP contribution in [0.25, 0.3) is 0 Å². The number of H-pyrrole nitrogens is 1. The van der Waals surface area contributed by atoms with Gasteiger partial charge in [-0.1, -0.05) is 11.8 Å². The summed E-state index contributed by atoms with van der Waals surface area (Å²) in [4.78, 5) is 25.9. The van der Waals surface area contributed by atoms with Crippen LogP contribution in [0, 0.1) is 10.8 Å². The van der Waals surface area contributed by atoms with Crippen LogP contribution >= 0.6 is 11.8 Å². The Balaban J connectivity index is 2.07. The number of rotatable bonds is 5. The van der Waals surface area contributed by atoms with Crippen molar-refractivity contribution in [3.8, 4) is 0 Å². The molecule has 0 unspecified atom stereocenters. The van der Waals surface area contributed by atoms with Crippen molar-refractivity contribution in [3.05, 3.63) is 20.7 Å². The summed E-state index contributed by atoms with van der Waals surface area (Å²) in [5.74, 6) is 0.940. The first-order chi connectivity index (χ1) is 8.42. The molecule has 0 spiro atoms. The first kappa shape index (κ1) is 12.9. The largest absolute Gasteiger partial charge is 0.388 e. The van der Waals surface area contributed by atoms with Crippen LogP contribution in [0.1, 0.15) is 19.3 Å². The second kappa shape index (κ2) is 4.60. The molecule has 18 heavy (non-hydrogen) atoms. The highest BCUT2D eigenvalue weighted by molar-refractivity contribution is 7.99. The zero-order valence-electron chi connectivity index (χ0n) is 10.0. The van der Waals surface area contributed by atoms with E-state index in [4.69, 9.17) is 11.1 Å². The molecule has 7 nitrogen and oxygen atoms in total. The van der Waals surface area contributed by atoms with E-state index in [0.717, 1.165) is 18.6 Å². The first-order valence-electron chi connectivity index (χ1n) is 5.55. The number of amidine groups is 1. The molecule has 0 radical (unpaired) electrons. The van der Waals surface area contributed by atoms with E-state index in [2.05, 4.69) is 10.1 Å². The van der Waals surface area contributed by atoms with E-state index in [1.165, 1.54) is 16.4 Å². The SMILES string of the molecule is Cn1[nH]c(=O)c(=O)nc1SCC1(CC(=N)N)CC1. The molecule has 0 aliphatic heterocycles. The molecule has 0 saturated heterocycles. The molecule has 98 valence electrons. The fraction of sp³-hybridized carbons (Fsp3) is 0.600. The lowest BCUT2D eigenvalue weighted by Gasteiger charge is -2.13. The summed E-state index contributed by atoms with van der Waals surface area (Å²) in [7, 11) is 1.64. The van der Waals surface area contributed by atoms with E-state index < -0.39 is 11.1 Å². The van der Waals surface area contributed by atoms with E-state index in [1.807, 2.05) is 0 Å². The van der Waals surface area contributed by atoms with Gasteiger partial charge < -0.3 is 5.73 Å². The van der Waals surface area contributed by atoms with Gasteiger partial charge in [0.15, 0.2) is 5.16 Å². The van der Waals surface area contributed by atoms with Crippen molar-refractivity contribution in [1.82, 2.24) is 14.8 Å². The van der Waals surface area contributed by atoms with Crippen LogP contribution in [0.5, 0.6) is 0 Å². The van der Waals surface area contributed by atoms with Gasteiger partial charge in [-0.25, -0.2) is 0 Å². The zero-order chi connectivity index (χ0) is 13.3. The van der Waals surface area contributed by atoms with Gasteiger partial charge in [0.1, 0.15) is 0 Å². The van der Waals surface area contributed by atoms with Gasteiger partial charge in [-0.2, -0.15) is 4.98 Å². The highest BCUT2D eigenvalue weighted by atomic mass is 32.2. The minimum absolute atomic E-state index is 0.0738. The molecule has 1 aliphatic rings. The molecule has 1 fully saturated rings. The number of hydrogen-bond acceptors (Lipinski definition) is 5. The van der Waals surface area contributed by atoms with Gasteiger partial charge in [-0.05, 0) is 18.3 Å². The molecule has 1 saturated carbocycles. The average molecular weight is 269 g/mol. The molecule has 1 aromatic rings. The van der Waals surface area contributed by atoms with Gasteiger partial charge in [0.05, 0.1) is 5.84 Å². The maximum Gasteiger partial charge on any atom is 0.339 e. The Labute approximate surface area is 107 Å². The van der Waals surface area contributed by atoms with Gasteiger partial charge >= 0.3 is 11.1 Å². The van der Waals surface area contributed by atoms with Gasteiger partial charge in [0, 0.05) is 19.2 Å².